The van der Waals surface area contributed by atoms with Gasteiger partial charge in [-0.15, -0.1) is 0 Å². The second kappa shape index (κ2) is 6.88. The largest absolute Gasteiger partial charge is 0.401 e. The lowest BCUT2D eigenvalue weighted by Crippen LogP contribution is -2.61. The van der Waals surface area contributed by atoms with E-state index in [0.29, 0.717) is 18.8 Å². The molecule has 4 nitrogen and oxygen atoms in total. The van der Waals surface area contributed by atoms with Gasteiger partial charge in [-0.2, -0.15) is 13.2 Å². The molecule has 0 bridgehead atoms. The van der Waals surface area contributed by atoms with Crippen LogP contribution in [0.15, 0.2) is 30.3 Å². The molecular formula is C16H22F3N3O. The van der Waals surface area contributed by atoms with Gasteiger partial charge in [0.05, 0.1) is 13.1 Å². The fraction of sp³-hybridized carbons (Fsp3) is 0.562. The summed E-state index contributed by atoms with van der Waals surface area (Å²) in [5.74, 6) is -0.159. The molecule has 1 aliphatic rings. The van der Waals surface area contributed by atoms with Crippen LogP contribution in [0.1, 0.15) is 13.8 Å². The normalized spacial score (nSPS) is 19.5. The van der Waals surface area contributed by atoms with Crippen molar-refractivity contribution in [2.24, 2.45) is 0 Å². The van der Waals surface area contributed by atoms with Gasteiger partial charge in [0.15, 0.2) is 0 Å². The number of benzene rings is 1. The van der Waals surface area contributed by atoms with Gasteiger partial charge in [-0.25, -0.2) is 0 Å². The van der Waals surface area contributed by atoms with Gasteiger partial charge < -0.3 is 5.32 Å². The third-order valence-corrected chi connectivity index (χ3v) is 3.95. The highest BCUT2D eigenvalue weighted by atomic mass is 19.4. The Hall–Kier alpha value is -1.60. The standard InChI is InChI=1S/C16H22F3N3O/c1-15(2)11-21(12-16(17,18)19)8-9-22(15)10-14(23)20-13-6-4-3-5-7-13/h3-7H,8-12H2,1-2H3,(H,20,23). The zero-order valence-electron chi connectivity index (χ0n) is 13.4. The molecule has 1 aromatic carbocycles. The number of para-hydroxylation sites is 1. The van der Waals surface area contributed by atoms with Crippen molar-refractivity contribution in [3.05, 3.63) is 30.3 Å². The van der Waals surface area contributed by atoms with E-state index in [1.54, 1.807) is 12.1 Å². The molecule has 1 aromatic rings. The maximum atomic E-state index is 12.5. The molecule has 0 aliphatic carbocycles. The summed E-state index contributed by atoms with van der Waals surface area (Å²) in [6, 6.07) is 9.11. The van der Waals surface area contributed by atoms with Gasteiger partial charge >= 0.3 is 6.18 Å². The molecule has 0 unspecified atom stereocenters. The summed E-state index contributed by atoms with van der Waals surface area (Å²) in [6.07, 6.45) is -4.19. The minimum absolute atomic E-state index is 0.159. The summed E-state index contributed by atoms with van der Waals surface area (Å²) >= 11 is 0. The van der Waals surface area contributed by atoms with Crippen LogP contribution in [0, 0.1) is 0 Å². The molecule has 2 rings (SSSR count). The highest BCUT2D eigenvalue weighted by molar-refractivity contribution is 5.92. The minimum atomic E-state index is -4.19. The van der Waals surface area contributed by atoms with Crippen LogP contribution in [0.3, 0.4) is 0 Å². The number of rotatable bonds is 4. The first-order chi connectivity index (χ1) is 10.7. The second-order valence-corrected chi connectivity index (χ2v) is 6.47. The number of anilines is 1. The molecule has 1 aliphatic heterocycles. The van der Waals surface area contributed by atoms with Crippen LogP contribution in [-0.2, 0) is 4.79 Å². The molecule has 0 aromatic heterocycles. The van der Waals surface area contributed by atoms with Gasteiger partial charge in [0.25, 0.3) is 0 Å². The van der Waals surface area contributed by atoms with Crippen LogP contribution in [0.25, 0.3) is 0 Å². The van der Waals surface area contributed by atoms with Gasteiger partial charge in [0.2, 0.25) is 5.91 Å². The van der Waals surface area contributed by atoms with E-state index in [4.69, 9.17) is 0 Å². The highest BCUT2D eigenvalue weighted by Gasteiger charge is 2.39. The summed E-state index contributed by atoms with van der Waals surface area (Å²) in [4.78, 5) is 15.5. The van der Waals surface area contributed by atoms with Gasteiger partial charge in [-0.05, 0) is 26.0 Å². The minimum Gasteiger partial charge on any atom is -0.325 e. The number of nitrogens with zero attached hydrogens (tertiary/aromatic N) is 2. The number of alkyl halides is 3. The zero-order chi connectivity index (χ0) is 17.1. The Morgan fingerprint density at radius 2 is 1.87 bits per heavy atom. The molecule has 1 fully saturated rings. The van der Waals surface area contributed by atoms with E-state index >= 15 is 0 Å². The van der Waals surface area contributed by atoms with Crippen LogP contribution in [0.2, 0.25) is 0 Å². The Kier molecular flexibility index (Phi) is 5.31. The Morgan fingerprint density at radius 1 is 1.22 bits per heavy atom. The van der Waals surface area contributed by atoms with Crippen LogP contribution >= 0.6 is 0 Å². The lowest BCUT2D eigenvalue weighted by atomic mass is 9.98. The van der Waals surface area contributed by atoms with Crippen molar-refractivity contribution < 1.29 is 18.0 Å². The van der Waals surface area contributed by atoms with E-state index in [2.05, 4.69) is 5.32 Å². The second-order valence-electron chi connectivity index (χ2n) is 6.47. The number of amides is 1. The van der Waals surface area contributed by atoms with Crippen molar-refractivity contribution in [1.82, 2.24) is 9.80 Å². The summed E-state index contributed by atoms with van der Waals surface area (Å²) in [5, 5.41) is 2.80. The van der Waals surface area contributed by atoms with Crippen molar-refractivity contribution in [3.8, 4) is 0 Å². The third kappa shape index (κ3) is 5.51. The SMILES string of the molecule is CC1(C)CN(CC(F)(F)F)CCN1CC(=O)Nc1ccccc1. The zero-order valence-corrected chi connectivity index (χ0v) is 13.4. The molecule has 0 atom stereocenters. The summed E-state index contributed by atoms with van der Waals surface area (Å²) < 4.78 is 37.6. The predicted octanol–water partition coefficient (Wildman–Crippen LogP) is 2.58. The molecule has 7 heteroatoms. The first-order valence-electron chi connectivity index (χ1n) is 7.55. The lowest BCUT2D eigenvalue weighted by molar-refractivity contribution is -0.156. The summed E-state index contributed by atoms with van der Waals surface area (Å²) in [6.45, 7) is 4.02. The number of nitrogens with one attached hydrogen (secondary N) is 1. The average molecular weight is 329 g/mol. The molecule has 1 saturated heterocycles. The van der Waals surface area contributed by atoms with Crippen LogP contribution in [0.5, 0.6) is 0 Å². The van der Waals surface area contributed by atoms with Gasteiger partial charge in [0.1, 0.15) is 0 Å². The van der Waals surface area contributed by atoms with Crippen molar-refractivity contribution in [2.75, 3.05) is 38.0 Å². The van der Waals surface area contributed by atoms with Gasteiger partial charge in [0, 0.05) is 30.9 Å². The van der Waals surface area contributed by atoms with Crippen molar-refractivity contribution in [2.45, 2.75) is 25.6 Å². The van der Waals surface area contributed by atoms with Crippen molar-refractivity contribution in [3.63, 3.8) is 0 Å². The molecule has 1 N–H and O–H groups in total. The molecule has 0 saturated carbocycles. The molecular weight excluding hydrogens is 307 g/mol. The Labute approximate surface area is 134 Å². The highest BCUT2D eigenvalue weighted by Crippen LogP contribution is 2.24. The molecule has 0 radical (unpaired) electrons. The van der Waals surface area contributed by atoms with E-state index in [-0.39, 0.29) is 19.0 Å². The maximum Gasteiger partial charge on any atom is 0.401 e. The average Bonchev–Trinajstić information content (AvgIpc) is 2.40. The van der Waals surface area contributed by atoms with Gasteiger partial charge in [-0.3, -0.25) is 14.6 Å². The van der Waals surface area contributed by atoms with E-state index in [9.17, 15) is 18.0 Å². The Balaban J connectivity index is 1.90. The summed E-state index contributed by atoms with van der Waals surface area (Å²) in [7, 11) is 0. The molecule has 23 heavy (non-hydrogen) atoms. The fourth-order valence-electron chi connectivity index (χ4n) is 2.87. The van der Waals surface area contributed by atoms with E-state index in [0.717, 1.165) is 0 Å². The van der Waals surface area contributed by atoms with Crippen LogP contribution in [0.4, 0.5) is 18.9 Å². The number of carbonyl (C=O) groups is 1. The smallest absolute Gasteiger partial charge is 0.325 e. The first kappa shape index (κ1) is 17.7. The van der Waals surface area contributed by atoms with Gasteiger partial charge in [-0.1, -0.05) is 18.2 Å². The summed E-state index contributed by atoms with van der Waals surface area (Å²) in [5.41, 5.74) is 0.225. The maximum absolute atomic E-state index is 12.5. The molecule has 128 valence electrons. The van der Waals surface area contributed by atoms with Crippen LogP contribution in [-0.4, -0.2) is 60.1 Å². The number of carbonyl (C=O) groups excluding carboxylic acids is 1. The van der Waals surface area contributed by atoms with E-state index < -0.39 is 18.3 Å². The third-order valence-electron chi connectivity index (χ3n) is 3.95. The molecule has 0 spiro atoms. The van der Waals surface area contributed by atoms with Crippen molar-refractivity contribution in [1.29, 1.82) is 0 Å². The number of piperazine rings is 1. The molecule has 1 heterocycles. The Morgan fingerprint density at radius 3 is 2.43 bits per heavy atom. The molecule has 1 amide bonds. The number of hydrogen-bond acceptors (Lipinski definition) is 3. The quantitative estimate of drug-likeness (QED) is 0.922. The van der Waals surface area contributed by atoms with E-state index in [1.165, 1.54) is 4.90 Å². The monoisotopic (exact) mass is 329 g/mol. The Bertz CT molecular complexity index is 531. The van der Waals surface area contributed by atoms with Crippen LogP contribution < -0.4 is 5.32 Å². The van der Waals surface area contributed by atoms with E-state index in [1.807, 2.05) is 36.9 Å². The topological polar surface area (TPSA) is 35.6 Å². The van der Waals surface area contributed by atoms with Crippen molar-refractivity contribution >= 4 is 11.6 Å². The predicted molar refractivity (Wildman–Crippen MR) is 83.2 cm³/mol. The first-order valence-corrected chi connectivity index (χ1v) is 7.55. The number of halogens is 3. The fourth-order valence-corrected chi connectivity index (χ4v) is 2.87. The lowest BCUT2D eigenvalue weighted by Gasteiger charge is -2.47. The number of hydrogen-bond donors (Lipinski definition) is 1.